The highest BCUT2D eigenvalue weighted by Gasteiger charge is 2.22. The van der Waals surface area contributed by atoms with E-state index in [4.69, 9.17) is 23.2 Å². The van der Waals surface area contributed by atoms with E-state index in [-0.39, 0.29) is 20.8 Å². The number of benzene rings is 1. The Kier molecular flexibility index (Phi) is 4.35. The zero-order valence-electron chi connectivity index (χ0n) is 9.27. The lowest BCUT2D eigenvalue weighted by Gasteiger charge is -2.10. The maximum atomic E-state index is 12.2. The second-order valence-electron chi connectivity index (χ2n) is 3.52. The average molecular weight is 382 g/mol. The fourth-order valence-corrected chi connectivity index (χ4v) is 3.87. The molecule has 0 radical (unpaired) electrons. The molecule has 1 heterocycles. The Bertz CT molecular complexity index is 702. The minimum atomic E-state index is -3.89. The molecular formula is C11H7BrCl2N2O2S. The van der Waals surface area contributed by atoms with Crippen molar-refractivity contribution in [2.24, 2.45) is 0 Å². The van der Waals surface area contributed by atoms with E-state index in [1.165, 1.54) is 24.4 Å². The summed E-state index contributed by atoms with van der Waals surface area (Å²) in [6, 6.07) is 7.69. The first-order valence-corrected chi connectivity index (χ1v) is 8.02. The Morgan fingerprint density at radius 2 is 1.79 bits per heavy atom. The van der Waals surface area contributed by atoms with Crippen LogP contribution in [0.4, 0.5) is 5.82 Å². The average Bonchev–Trinajstić information content (AvgIpc) is 2.27. The van der Waals surface area contributed by atoms with Crippen molar-refractivity contribution in [1.82, 2.24) is 4.98 Å². The van der Waals surface area contributed by atoms with Crippen LogP contribution < -0.4 is 4.72 Å². The molecule has 0 aliphatic carbocycles. The molecule has 19 heavy (non-hydrogen) atoms. The molecule has 0 fully saturated rings. The van der Waals surface area contributed by atoms with E-state index in [1.54, 1.807) is 12.1 Å². The summed E-state index contributed by atoms with van der Waals surface area (Å²) in [5.41, 5.74) is 0. The van der Waals surface area contributed by atoms with Gasteiger partial charge in [0.2, 0.25) is 0 Å². The van der Waals surface area contributed by atoms with E-state index >= 15 is 0 Å². The highest BCUT2D eigenvalue weighted by molar-refractivity contribution is 9.10. The molecule has 1 aromatic heterocycles. The van der Waals surface area contributed by atoms with Crippen molar-refractivity contribution in [3.8, 4) is 0 Å². The van der Waals surface area contributed by atoms with E-state index in [0.29, 0.717) is 4.47 Å². The van der Waals surface area contributed by atoms with Crippen LogP contribution in [0.1, 0.15) is 0 Å². The summed E-state index contributed by atoms with van der Waals surface area (Å²) in [5.74, 6) is 0.172. The number of nitrogens with one attached hydrogen (secondary N) is 1. The number of aromatic nitrogens is 1. The molecule has 0 saturated heterocycles. The zero-order chi connectivity index (χ0) is 14.0. The van der Waals surface area contributed by atoms with Crippen LogP contribution in [0.25, 0.3) is 0 Å². The molecule has 0 saturated carbocycles. The van der Waals surface area contributed by atoms with Crippen LogP contribution in [-0.4, -0.2) is 13.4 Å². The van der Waals surface area contributed by atoms with Gasteiger partial charge in [-0.3, -0.25) is 4.72 Å². The SMILES string of the molecule is O=S(=O)(Nc1cc(Br)ccn1)c1c(Cl)cccc1Cl. The minimum Gasteiger partial charge on any atom is -0.263 e. The van der Waals surface area contributed by atoms with Gasteiger partial charge in [-0.25, -0.2) is 13.4 Å². The summed E-state index contributed by atoms with van der Waals surface area (Å²) < 4.78 is 27.5. The van der Waals surface area contributed by atoms with E-state index < -0.39 is 10.0 Å². The lowest BCUT2D eigenvalue weighted by molar-refractivity contribution is 0.601. The first-order chi connectivity index (χ1) is 8.90. The number of pyridine rings is 1. The van der Waals surface area contributed by atoms with E-state index in [9.17, 15) is 8.42 Å². The smallest absolute Gasteiger partial charge is 0.263 e. The summed E-state index contributed by atoms with van der Waals surface area (Å²) in [6.45, 7) is 0. The maximum Gasteiger partial charge on any atom is 0.266 e. The van der Waals surface area contributed by atoms with Crippen LogP contribution in [0.3, 0.4) is 0 Å². The van der Waals surface area contributed by atoms with Crippen molar-refractivity contribution >= 4 is 55.0 Å². The van der Waals surface area contributed by atoms with Gasteiger partial charge in [-0.15, -0.1) is 0 Å². The first kappa shape index (κ1) is 14.6. The van der Waals surface area contributed by atoms with Gasteiger partial charge in [0.15, 0.2) is 0 Å². The van der Waals surface area contributed by atoms with E-state index in [2.05, 4.69) is 25.6 Å². The normalized spacial score (nSPS) is 11.3. The van der Waals surface area contributed by atoms with Gasteiger partial charge >= 0.3 is 0 Å². The highest BCUT2D eigenvalue weighted by Crippen LogP contribution is 2.30. The Balaban J connectivity index is 2.44. The summed E-state index contributed by atoms with van der Waals surface area (Å²) in [7, 11) is -3.89. The van der Waals surface area contributed by atoms with Gasteiger partial charge in [0.05, 0.1) is 10.0 Å². The van der Waals surface area contributed by atoms with E-state index in [1.807, 2.05) is 0 Å². The predicted octanol–water partition coefficient (Wildman–Crippen LogP) is 3.95. The molecule has 2 rings (SSSR count). The Hall–Kier alpha value is -0.820. The fraction of sp³-hybridized carbons (Fsp3) is 0. The lowest BCUT2D eigenvalue weighted by atomic mass is 10.4. The second kappa shape index (κ2) is 5.66. The van der Waals surface area contributed by atoms with E-state index in [0.717, 1.165) is 0 Å². The number of anilines is 1. The maximum absolute atomic E-state index is 12.2. The highest BCUT2D eigenvalue weighted by atomic mass is 79.9. The number of sulfonamides is 1. The fourth-order valence-electron chi connectivity index (χ4n) is 1.39. The van der Waals surface area contributed by atoms with Gasteiger partial charge < -0.3 is 0 Å². The van der Waals surface area contributed by atoms with Crippen LogP contribution in [0.2, 0.25) is 10.0 Å². The van der Waals surface area contributed by atoms with Gasteiger partial charge in [-0.2, -0.15) is 0 Å². The molecule has 0 aliphatic heterocycles. The molecule has 0 amide bonds. The molecular weight excluding hydrogens is 375 g/mol. The molecule has 0 aliphatic rings. The Morgan fingerprint density at radius 1 is 1.16 bits per heavy atom. The molecule has 1 aromatic carbocycles. The monoisotopic (exact) mass is 380 g/mol. The second-order valence-corrected chi connectivity index (χ2v) is 6.86. The Labute approximate surface area is 128 Å². The molecule has 1 N–H and O–H groups in total. The first-order valence-electron chi connectivity index (χ1n) is 4.98. The number of hydrogen-bond acceptors (Lipinski definition) is 3. The number of rotatable bonds is 3. The van der Waals surface area contributed by atoms with Crippen molar-refractivity contribution in [3.05, 3.63) is 51.0 Å². The van der Waals surface area contributed by atoms with Gasteiger partial charge in [0, 0.05) is 10.7 Å². The van der Waals surface area contributed by atoms with Crippen LogP contribution >= 0.6 is 39.1 Å². The minimum absolute atomic E-state index is 0.0509. The summed E-state index contributed by atoms with van der Waals surface area (Å²) in [5, 5.41) is 0.102. The van der Waals surface area contributed by atoms with Crippen molar-refractivity contribution in [2.75, 3.05) is 4.72 Å². The number of halogens is 3. The predicted molar refractivity (Wildman–Crippen MR) is 79.2 cm³/mol. The van der Waals surface area contributed by atoms with Crippen LogP contribution in [0, 0.1) is 0 Å². The van der Waals surface area contributed by atoms with Gasteiger partial charge in [0.1, 0.15) is 10.7 Å². The molecule has 0 atom stereocenters. The van der Waals surface area contributed by atoms with Gasteiger partial charge in [0.25, 0.3) is 10.0 Å². The van der Waals surface area contributed by atoms with Crippen LogP contribution in [-0.2, 0) is 10.0 Å². The third-order valence-electron chi connectivity index (χ3n) is 2.15. The van der Waals surface area contributed by atoms with Crippen molar-refractivity contribution < 1.29 is 8.42 Å². The van der Waals surface area contributed by atoms with Gasteiger partial charge in [-0.1, -0.05) is 45.2 Å². The Morgan fingerprint density at radius 3 is 2.37 bits per heavy atom. The summed E-state index contributed by atoms with van der Waals surface area (Å²) in [6.07, 6.45) is 1.47. The molecule has 0 unspecified atom stereocenters. The molecule has 4 nitrogen and oxygen atoms in total. The van der Waals surface area contributed by atoms with Crippen molar-refractivity contribution in [1.29, 1.82) is 0 Å². The number of nitrogens with zero attached hydrogens (tertiary/aromatic N) is 1. The molecule has 8 heteroatoms. The third-order valence-corrected chi connectivity index (χ3v) is 4.95. The molecule has 2 aromatic rings. The van der Waals surface area contributed by atoms with Gasteiger partial charge in [-0.05, 0) is 24.3 Å². The zero-order valence-corrected chi connectivity index (χ0v) is 13.2. The van der Waals surface area contributed by atoms with Crippen LogP contribution in [0.15, 0.2) is 45.9 Å². The van der Waals surface area contributed by atoms with Crippen molar-refractivity contribution in [2.45, 2.75) is 4.90 Å². The standard InChI is InChI=1S/C11H7BrCl2N2O2S/c12-7-4-5-15-10(6-7)16-19(17,18)11-8(13)2-1-3-9(11)14/h1-6H,(H,15,16). The van der Waals surface area contributed by atoms with Crippen molar-refractivity contribution in [3.63, 3.8) is 0 Å². The number of hydrogen-bond donors (Lipinski definition) is 1. The topological polar surface area (TPSA) is 59.1 Å². The lowest BCUT2D eigenvalue weighted by Crippen LogP contribution is -2.14. The summed E-state index contributed by atoms with van der Waals surface area (Å²) >= 11 is 15.0. The molecule has 0 bridgehead atoms. The molecule has 100 valence electrons. The summed E-state index contributed by atoms with van der Waals surface area (Å²) in [4.78, 5) is 3.74. The largest absolute Gasteiger partial charge is 0.266 e. The quantitative estimate of drug-likeness (QED) is 0.875. The molecule has 0 spiro atoms. The third kappa shape index (κ3) is 3.39. The van der Waals surface area contributed by atoms with Crippen LogP contribution in [0.5, 0.6) is 0 Å².